The molecule has 1 rings (SSSR count). The Morgan fingerprint density at radius 3 is 2.83 bits per heavy atom. The zero-order chi connectivity index (χ0) is 8.81. The van der Waals surface area contributed by atoms with Crippen molar-refractivity contribution >= 4 is 6.09 Å². The first kappa shape index (κ1) is 8.88. The van der Waals surface area contributed by atoms with Crippen LogP contribution in [0.5, 0.6) is 0 Å². The second-order valence-electron chi connectivity index (χ2n) is 2.42. The van der Waals surface area contributed by atoms with Gasteiger partial charge in [0, 0.05) is 26.2 Å². The van der Waals surface area contributed by atoms with Crippen molar-refractivity contribution in [1.82, 2.24) is 10.2 Å². The normalized spacial score (nSPS) is 16.8. The molecule has 1 fully saturated rings. The lowest BCUT2D eigenvalue weighted by atomic mass is 10.4. The van der Waals surface area contributed by atoms with E-state index in [1.807, 2.05) is 0 Å². The van der Waals surface area contributed by atoms with Gasteiger partial charge >= 0.3 is 6.09 Å². The minimum absolute atomic E-state index is 0.0481. The van der Waals surface area contributed by atoms with Crippen LogP contribution < -0.4 is 5.32 Å². The van der Waals surface area contributed by atoms with Crippen LogP contribution in [0.4, 0.5) is 4.79 Å². The van der Waals surface area contributed by atoms with Crippen molar-refractivity contribution in [3.63, 3.8) is 0 Å². The maximum absolute atomic E-state index is 11.1. The minimum atomic E-state index is -0.331. The number of piperazine rings is 1. The molecule has 0 aromatic carbocycles. The summed E-state index contributed by atoms with van der Waals surface area (Å²) in [4.78, 5) is 12.7. The van der Waals surface area contributed by atoms with E-state index < -0.39 is 0 Å². The fourth-order valence-electron chi connectivity index (χ4n) is 0.984. The number of hydrogen-bond donors (Lipinski definition) is 0. The van der Waals surface area contributed by atoms with Gasteiger partial charge in [0.05, 0.1) is 0 Å². The SMILES string of the molecule is C#CCOC(=O)N1CC[N]CC1. The monoisotopic (exact) mass is 167 g/mol. The summed E-state index contributed by atoms with van der Waals surface area (Å²) in [6.45, 7) is 2.73. The van der Waals surface area contributed by atoms with Crippen LogP contribution in [0.25, 0.3) is 0 Å². The Kier molecular flexibility index (Phi) is 3.42. The molecule has 4 heteroatoms. The van der Waals surface area contributed by atoms with Gasteiger partial charge in [-0.2, -0.15) is 0 Å². The molecule has 65 valence electrons. The standard InChI is InChI=1S/C8H11N2O2/c1-2-7-12-8(11)10-5-3-9-4-6-10/h1H,3-7H2. The Balaban J connectivity index is 2.26. The topological polar surface area (TPSA) is 43.6 Å². The fraction of sp³-hybridized carbons (Fsp3) is 0.625. The largest absolute Gasteiger partial charge is 0.436 e. The molecule has 0 N–H and O–H groups in total. The van der Waals surface area contributed by atoms with Crippen LogP contribution in [0.15, 0.2) is 0 Å². The van der Waals surface area contributed by atoms with E-state index in [9.17, 15) is 4.79 Å². The number of ether oxygens (including phenoxy) is 1. The second-order valence-corrected chi connectivity index (χ2v) is 2.42. The highest BCUT2D eigenvalue weighted by molar-refractivity contribution is 5.67. The van der Waals surface area contributed by atoms with E-state index in [0.29, 0.717) is 26.2 Å². The first-order valence-corrected chi connectivity index (χ1v) is 3.83. The molecule has 1 aliphatic rings. The number of carbonyl (C=O) groups excluding carboxylic acids is 1. The summed E-state index contributed by atoms with van der Waals surface area (Å²) in [5.41, 5.74) is 0. The van der Waals surface area contributed by atoms with E-state index >= 15 is 0 Å². The van der Waals surface area contributed by atoms with Crippen molar-refractivity contribution in [2.45, 2.75) is 0 Å². The number of hydrogen-bond acceptors (Lipinski definition) is 2. The van der Waals surface area contributed by atoms with Crippen molar-refractivity contribution in [2.24, 2.45) is 0 Å². The van der Waals surface area contributed by atoms with Crippen LogP contribution in [-0.4, -0.2) is 43.8 Å². The highest BCUT2D eigenvalue weighted by Gasteiger charge is 2.16. The van der Waals surface area contributed by atoms with Crippen molar-refractivity contribution in [1.29, 1.82) is 0 Å². The van der Waals surface area contributed by atoms with Crippen LogP contribution in [0, 0.1) is 12.3 Å². The molecule has 1 saturated heterocycles. The third kappa shape index (κ3) is 2.44. The Morgan fingerprint density at radius 2 is 2.25 bits per heavy atom. The molecule has 1 amide bonds. The van der Waals surface area contributed by atoms with Gasteiger partial charge in [0.1, 0.15) is 0 Å². The summed E-state index contributed by atoms with van der Waals surface area (Å²) in [5.74, 6) is 2.24. The molecule has 1 heterocycles. The van der Waals surface area contributed by atoms with E-state index in [2.05, 4.69) is 11.2 Å². The van der Waals surface area contributed by atoms with Gasteiger partial charge in [-0.05, 0) is 0 Å². The molecule has 0 bridgehead atoms. The Labute approximate surface area is 71.9 Å². The maximum atomic E-state index is 11.1. The second kappa shape index (κ2) is 4.62. The van der Waals surface area contributed by atoms with Crippen LogP contribution in [-0.2, 0) is 4.74 Å². The lowest BCUT2D eigenvalue weighted by molar-refractivity contribution is 0.108. The molecule has 0 saturated carbocycles. The number of amides is 1. The summed E-state index contributed by atoms with van der Waals surface area (Å²) < 4.78 is 4.74. The number of carbonyl (C=O) groups is 1. The summed E-state index contributed by atoms with van der Waals surface area (Å²) in [7, 11) is 0. The maximum Gasteiger partial charge on any atom is 0.410 e. The van der Waals surface area contributed by atoms with E-state index in [4.69, 9.17) is 11.2 Å². The van der Waals surface area contributed by atoms with E-state index in [1.165, 1.54) is 0 Å². The van der Waals surface area contributed by atoms with E-state index in [-0.39, 0.29) is 12.7 Å². The predicted octanol–water partition coefficient (Wildman–Crippen LogP) is -0.324. The van der Waals surface area contributed by atoms with Crippen molar-refractivity contribution in [3.05, 3.63) is 0 Å². The van der Waals surface area contributed by atoms with Gasteiger partial charge in [-0.3, -0.25) is 0 Å². The zero-order valence-corrected chi connectivity index (χ0v) is 6.82. The molecule has 0 aromatic heterocycles. The zero-order valence-electron chi connectivity index (χ0n) is 6.82. The molecular formula is C8H11N2O2. The van der Waals surface area contributed by atoms with Crippen molar-refractivity contribution in [3.8, 4) is 12.3 Å². The highest BCUT2D eigenvalue weighted by Crippen LogP contribution is 1.96. The fourth-order valence-corrected chi connectivity index (χ4v) is 0.984. The van der Waals surface area contributed by atoms with E-state index in [0.717, 1.165) is 0 Å². The van der Waals surface area contributed by atoms with Gasteiger partial charge in [-0.15, -0.1) is 6.42 Å². The van der Waals surface area contributed by atoms with Crippen molar-refractivity contribution in [2.75, 3.05) is 32.8 Å². The number of nitrogens with zero attached hydrogens (tertiary/aromatic N) is 2. The molecule has 0 spiro atoms. The summed E-state index contributed by atoms with van der Waals surface area (Å²) >= 11 is 0. The minimum Gasteiger partial charge on any atom is -0.436 e. The average Bonchev–Trinajstić information content (AvgIpc) is 2.15. The lowest BCUT2D eigenvalue weighted by Crippen LogP contribution is -2.44. The Hall–Kier alpha value is -1.21. The summed E-state index contributed by atoms with van der Waals surface area (Å²) in [5, 5.41) is 4.10. The van der Waals surface area contributed by atoms with Gasteiger partial charge in [0.15, 0.2) is 6.61 Å². The molecule has 0 unspecified atom stereocenters. The smallest absolute Gasteiger partial charge is 0.410 e. The third-order valence-corrected chi connectivity index (χ3v) is 1.59. The van der Waals surface area contributed by atoms with Gasteiger partial charge in [-0.1, -0.05) is 5.92 Å². The molecule has 1 aliphatic heterocycles. The van der Waals surface area contributed by atoms with Gasteiger partial charge in [0.2, 0.25) is 0 Å². The first-order chi connectivity index (χ1) is 5.84. The summed E-state index contributed by atoms with van der Waals surface area (Å²) in [6, 6.07) is 0. The third-order valence-electron chi connectivity index (χ3n) is 1.59. The summed E-state index contributed by atoms with van der Waals surface area (Å²) in [6.07, 6.45) is 4.61. The number of terminal acetylenes is 1. The quantitative estimate of drug-likeness (QED) is 0.502. The molecular weight excluding hydrogens is 156 g/mol. The van der Waals surface area contributed by atoms with Gasteiger partial charge < -0.3 is 9.64 Å². The van der Waals surface area contributed by atoms with Gasteiger partial charge in [0.25, 0.3) is 0 Å². The lowest BCUT2D eigenvalue weighted by Gasteiger charge is -2.25. The average molecular weight is 167 g/mol. The van der Waals surface area contributed by atoms with Crippen LogP contribution >= 0.6 is 0 Å². The molecule has 4 nitrogen and oxygen atoms in total. The molecule has 0 atom stereocenters. The van der Waals surface area contributed by atoms with Crippen LogP contribution in [0.3, 0.4) is 0 Å². The molecule has 1 radical (unpaired) electrons. The Bertz CT molecular complexity index is 192. The van der Waals surface area contributed by atoms with Crippen LogP contribution in [0.1, 0.15) is 0 Å². The van der Waals surface area contributed by atoms with Crippen LogP contribution in [0.2, 0.25) is 0 Å². The van der Waals surface area contributed by atoms with Gasteiger partial charge in [-0.25, -0.2) is 10.1 Å². The Morgan fingerprint density at radius 1 is 1.58 bits per heavy atom. The molecule has 0 aromatic rings. The highest BCUT2D eigenvalue weighted by atomic mass is 16.6. The van der Waals surface area contributed by atoms with Crippen molar-refractivity contribution < 1.29 is 9.53 Å². The number of rotatable bonds is 1. The predicted molar refractivity (Wildman–Crippen MR) is 43.6 cm³/mol. The van der Waals surface area contributed by atoms with E-state index in [1.54, 1.807) is 4.90 Å². The first-order valence-electron chi connectivity index (χ1n) is 3.83. The molecule has 0 aliphatic carbocycles. The molecule has 12 heavy (non-hydrogen) atoms.